The quantitative estimate of drug-likeness (QED) is 0.423. The van der Waals surface area contributed by atoms with Gasteiger partial charge in [-0.05, 0) is 36.8 Å². The lowest BCUT2D eigenvalue weighted by molar-refractivity contribution is 0.269. The van der Waals surface area contributed by atoms with Gasteiger partial charge in [-0.15, -0.1) is 6.58 Å². The third kappa shape index (κ3) is 5.73. The molecular formula is C19H20BrClFNO2. The van der Waals surface area contributed by atoms with Gasteiger partial charge < -0.3 is 14.8 Å². The van der Waals surface area contributed by atoms with Crippen molar-refractivity contribution in [3.05, 3.63) is 69.4 Å². The van der Waals surface area contributed by atoms with Gasteiger partial charge in [0.2, 0.25) is 0 Å². The molecule has 0 saturated carbocycles. The van der Waals surface area contributed by atoms with Crippen LogP contribution in [0.5, 0.6) is 11.5 Å². The molecule has 0 atom stereocenters. The number of rotatable bonds is 9. The summed E-state index contributed by atoms with van der Waals surface area (Å²) < 4.78 is 25.6. The fourth-order valence-electron chi connectivity index (χ4n) is 2.20. The standard InChI is InChI=1S/C19H20BrClFNO2/c1-3-7-23-11-14-8-18(24-4-2)19(10-16(14)20)25-12-13-5-6-15(22)9-17(13)21/h3,5-6,8-10,23H,1,4,7,11-12H2,2H3. The topological polar surface area (TPSA) is 30.5 Å². The number of halogens is 3. The van der Waals surface area contributed by atoms with Crippen molar-refractivity contribution in [3.63, 3.8) is 0 Å². The zero-order valence-corrected chi connectivity index (χ0v) is 16.3. The Labute approximate surface area is 160 Å². The number of hydrogen-bond donors (Lipinski definition) is 1. The Bertz CT molecular complexity index is 740. The zero-order chi connectivity index (χ0) is 18.2. The molecule has 25 heavy (non-hydrogen) atoms. The van der Waals surface area contributed by atoms with Crippen LogP contribution in [-0.4, -0.2) is 13.2 Å². The Morgan fingerprint density at radius 1 is 1.20 bits per heavy atom. The number of benzene rings is 2. The molecule has 1 N–H and O–H groups in total. The SMILES string of the molecule is C=CCNCc1cc(OCC)c(OCc2ccc(F)cc2Cl)cc1Br. The van der Waals surface area contributed by atoms with Gasteiger partial charge in [0.05, 0.1) is 11.6 Å². The predicted octanol–water partition coefficient (Wildman–Crippen LogP) is 5.49. The van der Waals surface area contributed by atoms with Gasteiger partial charge in [0.15, 0.2) is 11.5 Å². The van der Waals surface area contributed by atoms with Crippen LogP contribution in [0.15, 0.2) is 47.5 Å². The average molecular weight is 429 g/mol. The molecule has 0 aromatic heterocycles. The molecule has 3 nitrogen and oxygen atoms in total. The van der Waals surface area contributed by atoms with E-state index in [0.29, 0.717) is 35.2 Å². The van der Waals surface area contributed by atoms with Gasteiger partial charge in [0, 0.05) is 23.1 Å². The Balaban J connectivity index is 2.17. The zero-order valence-electron chi connectivity index (χ0n) is 14.0. The van der Waals surface area contributed by atoms with E-state index in [4.69, 9.17) is 21.1 Å². The maximum absolute atomic E-state index is 13.1. The van der Waals surface area contributed by atoms with Crippen molar-refractivity contribution in [1.82, 2.24) is 5.32 Å². The van der Waals surface area contributed by atoms with Crippen LogP contribution in [0, 0.1) is 5.82 Å². The summed E-state index contributed by atoms with van der Waals surface area (Å²) >= 11 is 9.61. The highest BCUT2D eigenvalue weighted by Gasteiger charge is 2.12. The Kier molecular flexibility index (Phi) is 7.75. The first-order chi connectivity index (χ1) is 12.0. The molecule has 0 unspecified atom stereocenters. The Morgan fingerprint density at radius 2 is 1.96 bits per heavy atom. The van der Waals surface area contributed by atoms with Gasteiger partial charge in [0.25, 0.3) is 0 Å². The summed E-state index contributed by atoms with van der Waals surface area (Å²) in [5.41, 5.74) is 1.76. The summed E-state index contributed by atoms with van der Waals surface area (Å²) in [4.78, 5) is 0. The molecule has 0 aliphatic heterocycles. The molecular weight excluding hydrogens is 409 g/mol. The van der Waals surface area contributed by atoms with Crippen molar-refractivity contribution in [1.29, 1.82) is 0 Å². The van der Waals surface area contributed by atoms with E-state index in [1.807, 2.05) is 19.1 Å². The Morgan fingerprint density at radius 3 is 2.64 bits per heavy atom. The predicted molar refractivity (Wildman–Crippen MR) is 103 cm³/mol. The van der Waals surface area contributed by atoms with Crippen molar-refractivity contribution < 1.29 is 13.9 Å². The highest BCUT2D eigenvalue weighted by molar-refractivity contribution is 9.10. The molecule has 0 amide bonds. The molecule has 134 valence electrons. The van der Waals surface area contributed by atoms with Crippen molar-refractivity contribution in [2.45, 2.75) is 20.1 Å². The van der Waals surface area contributed by atoms with E-state index in [0.717, 1.165) is 16.6 Å². The van der Waals surface area contributed by atoms with Crippen LogP contribution >= 0.6 is 27.5 Å². The summed E-state index contributed by atoms with van der Waals surface area (Å²) in [5.74, 6) is 0.879. The van der Waals surface area contributed by atoms with Crippen LogP contribution < -0.4 is 14.8 Å². The van der Waals surface area contributed by atoms with E-state index in [1.54, 1.807) is 12.1 Å². The van der Waals surface area contributed by atoms with E-state index < -0.39 is 0 Å². The Hall–Kier alpha value is -1.56. The molecule has 2 rings (SSSR count). The largest absolute Gasteiger partial charge is 0.490 e. The van der Waals surface area contributed by atoms with Gasteiger partial charge >= 0.3 is 0 Å². The minimum absolute atomic E-state index is 0.222. The van der Waals surface area contributed by atoms with Crippen molar-refractivity contribution >= 4 is 27.5 Å². The summed E-state index contributed by atoms with van der Waals surface area (Å²) in [6.45, 7) is 7.74. The molecule has 0 heterocycles. The normalized spacial score (nSPS) is 10.6. The van der Waals surface area contributed by atoms with Gasteiger partial charge in [0.1, 0.15) is 12.4 Å². The third-order valence-corrected chi connectivity index (χ3v) is 4.51. The fraction of sp³-hybridized carbons (Fsp3) is 0.263. The summed E-state index contributed by atoms with van der Waals surface area (Å²) in [7, 11) is 0. The number of ether oxygens (including phenoxy) is 2. The van der Waals surface area contributed by atoms with Gasteiger partial charge in [-0.25, -0.2) is 4.39 Å². The molecule has 0 radical (unpaired) electrons. The molecule has 0 aliphatic carbocycles. The first kappa shape index (κ1) is 19.8. The fourth-order valence-corrected chi connectivity index (χ4v) is 2.88. The second kappa shape index (κ2) is 9.80. The van der Waals surface area contributed by atoms with Gasteiger partial charge in [-0.1, -0.05) is 39.7 Å². The van der Waals surface area contributed by atoms with Crippen LogP contribution in [0.2, 0.25) is 5.02 Å². The summed E-state index contributed by atoms with van der Waals surface area (Å²) in [5, 5.41) is 3.59. The van der Waals surface area contributed by atoms with Gasteiger partial charge in [-0.2, -0.15) is 0 Å². The van der Waals surface area contributed by atoms with Crippen LogP contribution in [0.25, 0.3) is 0 Å². The van der Waals surface area contributed by atoms with Crippen LogP contribution in [0.1, 0.15) is 18.1 Å². The second-order valence-electron chi connectivity index (χ2n) is 5.27. The third-order valence-electron chi connectivity index (χ3n) is 3.42. The molecule has 0 saturated heterocycles. The first-order valence-electron chi connectivity index (χ1n) is 7.88. The molecule has 2 aromatic carbocycles. The van der Waals surface area contributed by atoms with E-state index in [1.165, 1.54) is 12.1 Å². The molecule has 6 heteroatoms. The van der Waals surface area contributed by atoms with Crippen LogP contribution in [-0.2, 0) is 13.2 Å². The molecule has 0 spiro atoms. The van der Waals surface area contributed by atoms with Crippen molar-refractivity contribution in [3.8, 4) is 11.5 Å². The monoisotopic (exact) mass is 427 g/mol. The van der Waals surface area contributed by atoms with Crippen LogP contribution in [0.3, 0.4) is 0 Å². The lowest BCUT2D eigenvalue weighted by Gasteiger charge is -2.16. The smallest absolute Gasteiger partial charge is 0.162 e. The lowest BCUT2D eigenvalue weighted by atomic mass is 10.2. The highest BCUT2D eigenvalue weighted by atomic mass is 79.9. The van der Waals surface area contributed by atoms with Crippen molar-refractivity contribution in [2.24, 2.45) is 0 Å². The van der Waals surface area contributed by atoms with E-state index >= 15 is 0 Å². The molecule has 0 fully saturated rings. The minimum atomic E-state index is -0.372. The molecule has 0 bridgehead atoms. The lowest BCUT2D eigenvalue weighted by Crippen LogP contribution is -2.13. The summed E-state index contributed by atoms with van der Waals surface area (Å²) in [6, 6.07) is 8.05. The maximum atomic E-state index is 13.1. The highest BCUT2D eigenvalue weighted by Crippen LogP contribution is 2.35. The van der Waals surface area contributed by atoms with E-state index in [-0.39, 0.29) is 12.4 Å². The maximum Gasteiger partial charge on any atom is 0.162 e. The summed E-state index contributed by atoms with van der Waals surface area (Å²) in [6.07, 6.45) is 1.81. The van der Waals surface area contributed by atoms with Gasteiger partial charge in [-0.3, -0.25) is 0 Å². The van der Waals surface area contributed by atoms with Crippen LogP contribution in [0.4, 0.5) is 4.39 Å². The number of nitrogens with one attached hydrogen (secondary N) is 1. The minimum Gasteiger partial charge on any atom is -0.490 e. The molecule has 2 aromatic rings. The second-order valence-corrected chi connectivity index (χ2v) is 6.53. The van der Waals surface area contributed by atoms with Crippen molar-refractivity contribution in [2.75, 3.05) is 13.2 Å². The number of hydrogen-bond acceptors (Lipinski definition) is 3. The molecule has 0 aliphatic rings. The van der Waals surface area contributed by atoms with E-state index in [2.05, 4.69) is 27.8 Å². The first-order valence-corrected chi connectivity index (χ1v) is 9.05. The average Bonchev–Trinajstić information content (AvgIpc) is 2.57. The van der Waals surface area contributed by atoms with E-state index in [9.17, 15) is 4.39 Å².